The number of hydrogen-bond donors (Lipinski definition) is 0. The van der Waals surface area contributed by atoms with Crippen molar-refractivity contribution < 1.29 is 8.78 Å². The maximum absolute atomic E-state index is 15.7. The molecule has 164 valence electrons. The lowest BCUT2D eigenvalue weighted by atomic mass is 9.59. The molecule has 0 nitrogen and oxygen atoms in total. The number of benzene rings is 1. The average molecular weight is 413 g/mol. The predicted octanol–water partition coefficient (Wildman–Crippen LogP) is 6.87. The second kappa shape index (κ2) is 9.37. The lowest BCUT2D eigenvalue weighted by molar-refractivity contribution is 0.0593. The van der Waals surface area contributed by atoms with Crippen molar-refractivity contribution in [3.63, 3.8) is 0 Å². The molecule has 2 saturated carbocycles. The van der Waals surface area contributed by atoms with Crippen molar-refractivity contribution in [3.05, 3.63) is 47.4 Å². The smallest absolute Gasteiger partial charge is 0.161 e. The van der Waals surface area contributed by atoms with Crippen LogP contribution in [0.5, 0.6) is 0 Å². The molecule has 0 spiro atoms. The SMILES string of the molecule is C=CCCC1(C2CCC(C3CCC(CC)CC3)CC2)C=c2ccccc2=C(F)C1F. The van der Waals surface area contributed by atoms with Gasteiger partial charge in [-0.05, 0) is 80.3 Å². The Kier molecular flexibility index (Phi) is 6.80. The molecular formula is C28H38F2. The van der Waals surface area contributed by atoms with Crippen LogP contribution >= 0.6 is 0 Å². The Morgan fingerprint density at radius 1 is 1.00 bits per heavy atom. The third kappa shape index (κ3) is 4.04. The first-order valence-electron chi connectivity index (χ1n) is 12.3. The first-order chi connectivity index (χ1) is 14.6. The van der Waals surface area contributed by atoms with Crippen molar-refractivity contribution >= 4 is 11.9 Å². The van der Waals surface area contributed by atoms with Gasteiger partial charge < -0.3 is 0 Å². The topological polar surface area (TPSA) is 0 Å². The van der Waals surface area contributed by atoms with Gasteiger partial charge in [-0.25, -0.2) is 8.78 Å². The fourth-order valence-electron chi connectivity index (χ4n) is 6.85. The summed E-state index contributed by atoms with van der Waals surface area (Å²) in [7, 11) is 0. The molecule has 3 aliphatic rings. The molecule has 1 aromatic carbocycles. The molecule has 0 heterocycles. The van der Waals surface area contributed by atoms with Crippen LogP contribution < -0.4 is 10.4 Å². The summed E-state index contributed by atoms with van der Waals surface area (Å²) in [5, 5.41) is 1.31. The van der Waals surface area contributed by atoms with Crippen LogP contribution in [0.1, 0.15) is 77.6 Å². The van der Waals surface area contributed by atoms with Crippen molar-refractivity contribution in [1.82, 2.24) is 0 Å². The van der Waals surface area contributed by atoms with E-state index in [4.69, 9.17) is 0 Å². The highest BCUT2D eigenvalue weighted by molar-refractivity contribution is 5.55. The molecule has 0 saturated heterocycles. The molecule has 0 bridgehead atoms. The minimum absolute atomic E-state index is 0.217. The third-order valence-electron chi connectivity index (χ3n) is 8.79. The normalized spacial score (nSPS) is 36.6. The summed E-state index contributed by atoms with van der Waals surface area (Å²) in [6.07, 6.45) is 15.1. The molecule has 4 rings (SSSR count). The lowest BCUT2D eigenvalue weighted by Gasteiger charge is -2.46. The molecule has 2 atom stereocenters. The molecule has 0 aromatic heterocycles. The summed E-state index contributed by atoms with van der Waals surface area (Å²) in [6.45, 7) is 6.18. The highest BCUT2D eigenvalue weighted by Gasteiger charge is 2.48. The Bertz CT molecular complexity index is 840. The number of hydrogen-bond acceptors (Lipinski definition) is 0. The summed E-state index contributed by atoms with van der Waals surface area (Å²) < 4.78 is 30.9. The van der Waals surface area contributed by atoms with Crippen molar-refractivity contribution in [2.75, 3.05) is 0 Å². The maximum atomic E-state index is 15.7. The summed E-state index contributed by atoms with van der Waals surface area (Å²) in [5.41, 5.74) is -0.725. The van der Waals surface area contributed by atoms with E-state index in [1.165, 1.54) is 44.9 Å². The van der Waals surface area contributed by atoms with Crippen molar-refractivity contribution in [2.45, 2.75) is 83.7 Å². The summed E-state index contributed by atoms with van der Waals surface area (Å²) in [5.74, 6) is 2.24. The van der Waals surface area contributed by atoms with Crippen LogP contribution in [-0.2, 0) is 0 Å². The molecule has 0 N–H and O–H groups in total. The quantitative estimate of drug-likeness (QED) is 0.447. The highest BCUT2D eigenvalue weighted by atomic mass is 19.2. The molecule has 0 aliphatic heterocycles. The fourth-order valence-corrected chi connectivity index (χ4v) is 6.85. The van der Waals surface area contributed by atoms with Crippen LogP contribution in [0, 0.1) is 29.1 Å². The standard InChI is InChI=1S/C28H38F2/c1-3-5-18-28(19-23-8-6-7-9-25(23)26(29)27(28)30)24-16-14-22(15-17-24)21-12-10-20(4-2)11-13-21/h3,6-9,19-22,24,27H,1,4-5,10-18H2,2H3. The highest BCUT2D eigenvalue weighted by Crippen LogP contribution is 2.52. The molecule has 2 heteroatoms. The van der Waals surface area contributed by atoms with Gasteiger partial charge in [0.05, 0.1) is 0 Å². The first-order valence-corrected chi connectivity index (χ1v) is 12.3. The molecule has 0 amide bonds. The first kappa shape index (κ1) is 21.8. The molecular weight excluding hydrogens is 374 g/mol. The molecule has 2 fully saturated rings. The monoisotopic (exact) mass is 412 g/mol. The van der Waals surface area contributed by atoms with E-state index in [2.05, 4.69) is 19.6 Å². The number of rotatable bonds is 6. The summed E-state index contributed by atoms with van der Waals surface area (Å²) in [4.78, 5) is 0. The van der Waals surface area contributed by atoms with Gasteiger partial charge in [0.1, 0.15) is 5.83 Å². The van der Waals surface area contributed by atoms with E-state index < -0.39 is 17.4 Å². The largest absolute Gasteiger partial charge is 0.239 e. The molecule has 0 radical (unpaired) electrons. The zero-order chi connectivity index (χ0) is 21.1. The van der Waals surface area contributed by atoms with E-state index in [1.807, 2.05) is 18.2 Å². The van der Waals surface area contributed by atoms with E-state index in [1.54, 1.807) is 12.1 Å². The van der Waals surface area contributed by atoms with Crippen LogP contribution in [-0.4, -0.2) is 6.17 Å². The molecule has 2 unspecified atom stereocenters. The van der Waals surface area contributed by atoms with E-state index in [0.29, 0.717) is 11.6 Å². The van der Waals surface area contributed by atoms with Crippen LogP contribution in [0.25, 0.3) is 11.9 Å². The Labute approximate surface area is 181 Å². The van der Waals surface area contributed by atoms with Crippen LogP contribution in [0.4, 0.5) is 8.78 Å². The lowest BCUT2D eigenvalue weighted by Crippen LogP contribution is -2.48. The third-order valence-corrected chi connectivity index (χ3v) is 8.79. The van der Waals surface area contributed by atoms with E-state index in [0.717, 1.165) is 42.2 Å². The van der Waals surface area contributed by atoms with Crippen LogP contribution in [0.3, 0.4) is 0 Å². The average Bonchev–Trinajstić information content (AvgIpc) is 2.81. The van der Waals surface area contributed by atoms with Crippen molar-refractivity contribution in [1.29, 1.82) is 0 Å². The van der Waals surface area contributed by atoms with Gasteiger partial charge in [0, 0.05) is 10.6 Å². The Balaban J connectivity index is 1.53. The van der Waals surface area contributed by atoms with E-state index >= 15 is 8.78 Å². The number of alkyl halides is 1. The van der Waals surface area contributed by atoms with Gasteiger partial charge in [-0.1, -0.05) is 62.6 Å². The van der Waals surface area contributed by atoms with Gasteiger partial charge >= 0.3 is 0 Å². The minimum atomic E-state index is -1.53. The Morgan fingerprint density at radius 3 is 2.27 bits per heavy atom. The summed E-state index contributed by atoms with van der Waals surface area (Å²) >= 11 is 0. The van der Waals surface area contributed by atoms with Gasteiger partial charge in [0.25, 0.3) is 0 Å². The maximum Gasteiger partial charge on any atom is 0.161 e. The van der Waals surface area contributed by atoms with Gasteiger partial charge in [-0.3, -0.25) is 0 Å². The van der Waals surface area contributed by atoms with E-state index in [9.17, 15) is 0 Å². The molecule has 30 heavy (non-hydrogen) atoms. The number of allylic oxidation sites excluding steroid dienone is 1. The van der Waals surface area contributed by atoms with Gasteiger partial charge in [0.2, 0.25) is 0 Å². The van der Waals surface area contributed by atoms with Crippen LogP contribution in [0.2, 0.25) is 0 Å². The minimum Gasteiger partial charge on any atom is -0.239 e. The van der Waals surface area contributed by atoms with Gasteiger partial charge in [-0.15, -0.1) is 6.58 Å². The zero-order valence-corrected chi connectivity index (χ0v) is 18.6. The molecule has 1 aromatic rings. The zero-order valence-electron chi connectivity index (χ0n) is 18.6. The Hall–Kier alpha value is -1.44. The Morgan fingerprint density at radius 2 is 1.63 bits per heavy atom. The van der Waals surface area contributed by atoms with E-state index in [-0.39, 0.29) is 5.92 Å². The predicted molar refractivity (Wildman–Crippen MR) is 123 cm³/mol. The number of fused-ring (bicyclic) bond motifs is 1. The van der Waals surface area contributed by atoms with Gasteiger partial charge in [-0.2, -0.15) is 0 Å². The second-order valence-corrected chi connectivity index (χ2v) is 10.2. The summed E-state index contributed by atoms with van der Waals surface area (Å²) in [6, 6.07) is 7.40. The second-order valence-electron chi connectivity index (χ2n) is 10.2. The van der Waals surface area contributed by atoms with Gasteiger partial charge in [0.15, 0.2) is 6.17 Å². The van der Waals surface area contributed by atoms with Crippen molar-refractivity contribution in [2.24, 2.45) is 29.1 Å². The fraction of sp³-hybridized carbons (Fsp3) is 0.643. The number of halogens is 2. The van der Waals surface area contributed by atoms with Crippen LogP contribution in [0.15, 0.2) is 36.9 Å². The van der Waals surface area contributed by atoms with Crippen molar-refractivity contribution in [3.8, 4) is 0 Å². The molecule has 3 aliphatic carbocycles.